The average Bonchev–Trinajstić information content (AvgIpc) is 2.70. The maximum atomic E-state index is 12.8. The van der Waals surface area contributed by atoms with E-state index in [1.165, 1.54) is 4.31 Å². The van der Waals surface area contributed by atoms with Gasteiger partial charge in [-0.25, -0.2) is 8.42 Å². The monoisotopic (exact) mass is 415 g/mol. The molecule has 1 amide bonds. The summed E-state index contributed by atoms with van der Waals surface area (Å²) in [7, 11) is -3.50. The van der Waals surface area contributed by atoms with Gasteiger partial charge >= 0.3 is 0 Å². The van der Waals surface area contributed by atoms with Crippen LogP contribution in [-0.2, 0) is 14.8 Å². The van der Waals surface area contributed by atoms with Crippen molar-refractivity contribution in [3.63, 3.8) is 0 Å². The van der Waals surface area contributed by atoms with Crippen LogP contribution in [0.15, 0.2) is 47.4 Å². The standard InChI is InChI=1S/C22H29N3O3S/c1-16-5-8-20(9-6-16)29(27,28)25-13-11-24(12-14-25)19(4)22(26)23-21-10-7-17(2)15-18(21)3/h5-10,15,19H,11-14H2,1-4H3,(H,23,26)/t19-/m1/s1. The molecule has 1 aliphatic heterocycles. The highest BCUT2D eigenvalue weighted by Crippen LogP contribution is 2.20. The van der Waals surface area contributed by atoms with E-state index in [1.54, 1.807) is 12.1 Å². The number of aryl methyl sites for hydroxylation is 3. The number of benzene rings is 2. The number of carbonyl (C=O) groups excluding carboxylic acids is 1. The van der Waals surface area contributed by atoms with Crippen molar-refractivity contribution in [2.24, 2.45) is 0 Å². The van der Waals surface area contributed by atoms with E-state index in [1.807, 2.05) is 62.9 Å². The van der Waals surface area contributed by atoms with Gasteiger partial charge in [0.15, 0.2) is 0 Å². The molecule has 0 spiro atoms. The molecular weight excluding hydrogens is 386 g/mol. The molecule has 29 heavy (non-hydrogen) atoms. The van der Waals surface area contributed by atoms with Crippen LogP contribution in [0.2, 0.25) is 0 Å². The predicted molar refractivity (Wildman–Crippen MR) is 116 cm³/mol. The zero-order valence-electron chi connectivity index (χ0n) is 17.5. The van der Waals surface area contributed by atoms with Gasteiger partial charge in [0, 0.05) is 31.9 Å². The Bertz CT molecular complexity index is 979. The first kappa shape index (κ1) is 21.5. The van der Waals surface area contributed by atoms with Crippen molar-refractivity contribution < 1.29 is 13.2 Å². The van der Waals surface area contributed by atoms with Gasteiger partial charge in [-0.15, -0.1) is 0 Å². The molecule has 6 nitrogen and oxygen atoms in total. The van der Waals surface area contributed by atoms with E-state index in [9.17, 15) is 13.2 Å². The molecule has 1 fully saturated rings. The largest absolute Gasteiger partial charge is 0.324 e. The van der Waals surface area contributed by atoms with Crippen molar-refractivity contribution in [3.05, 3.63) is 59.2 Å². The first-order valence-electron chi connectivity index (χ1n) is 9.87. The van der Waals surface area contributed by atoms with Gasteiger partial charge in [-0.3, -0.25) is 9.69 Å². The molecule has 1 heterocycles. The lowest BCUT2D eigenvalue weighted by Gasteiger charge is -2.36. The number of amides is 1. The summed E-state index contributed by atoms with van der Waals surface area (Å²) in [5.41, 5.74) is 4.02. The molecule has 1 aliphatic rings. The number of hydrogen-bond donors (Lipinski definition) is 1. The molecule has 1 atom stereocenters. The number of piperazine rings is 1. The molecule has 0 radical (unpaired) electrons. The van der Waals surface area contributed by atoms with Crippen molar-refractivity contribution in [2.75, 3.05) is 31.5 Å². The molecule has 0 unspecified atom stereocenters. The zero-order chi connectivity index (χ0) is 21.2. The number of hydrogen-bond acceptors (Lipinski definition) is 4. The Morgan fingerprint density at radius 3 is 2.10 bits per heavy atom. The highest BCUT2D eigenvalue weighted by Gasteiger charge is 2.31. The fourth-order valence-electron chi connectivity index (χ4n) is 3.55. The summed E-state index contributed by atoms with van der Waals surface area (Å²) in [6, 6.07) is 12.5. The van der Waals surface area contributed by atoms with Gasteiger partial charge < -0.3 is 5.32 Å². The fraction of sp³-hybridized carbons (Fsp3) is 0.409. The fourth-order valence-corrected chi connectivity index (χ4v) is 4.97. The maximum absolute atomic E-state index is 12.8. The van der Waals surface area contributed by atoms with Gasteiger partial charge in [0.05, 0.1) is 10.9 Å². The molecular formula is C22H29N3O3S. The molecule has 0 aliphatic carbocycles. The highest BCUT2D eigenvalue weighted by molar-refractivity contribution is 7.89. The quantitative estimate of drug-likeness (QED) is 0.815. The molecule has 0 bridgehead atoms. The van der Waals surface area contributed by atoms with Crippen LogP contribution in [-0.4, -0.2) is 55.8 Å². The van der Waals surface area contributed by atoms with Crippen molar-refractivity contribution >= 4 is 21.6 Å². The minimum atomic E-state index is -3.50. The number of nitrogens with zero attached hydrogens (tertiary/aromatic N) is 2. The Morgan fingerprint density at radius 2 is 1.52 bits per heavy atom. The van der Waals surface area contributed by atoms with Crippen molar-refractivity contribution in [3.8, 4) is 0 Å². The number of nitrogens with one attached hydrogen (secondary N) is 1. The summed E-state index contributed by atoms with van der Waals surface area (Å²) in [5, 5.41) is 2.99. The lowest BCUT2D eigenvalue weighted by atomic mass is 10.1. The second kappa shape index (κ2) is 8.65. The zero-order valence-corrected chi connectivity index (χ0v) is 18.3. The number of anilines is 1. The van der Waals surface area contributed by atoms with Crippen molar-refractivity contribution in [2.45, 2.75) is 38.6 Å². The average molecular weight is 416 g/mol. The maximum Gasteiger partial charge on any atom is 0.243 e. The first-order chi connectivity index (χ1) is 13.7. The molecule has 1 N–H and O–H groups in total. The molecule has 1 saturated heterocycles. The van der Waals surface area contributed by atoms with E-state index in [0.29, 0.717) is 31.1 Å². The Labute approximate surface area is 173 Å². The van der Waals surface area contributed by atoms with Gasteiger partial charge in [-0.2, -0.15) is 4.31 Å². The second-order valence-corrected chi connectivity index (χ2v) is 9.67. The van der Waals surface area contributed by atoms with E-state index in [2.05, 4.69) is 5.32 Å². The molecule has 2 aromatic rings. The summed E-state index contributed by atoms with van der Waals surface area (Å²) in [4.78, 5) is 15.0. The Kier molecular flexibility index (Phi) is 6.41. The van der Waals surface area contributed by atoms with E-state index in [0.717, 1.165) is 22.4 Å². The third kappa shape index (κ3) is 4.86. The summed E-state index contributed by atoms with van der Waals surface area (Å²) in [5.74, 6) is -0.0770. The first-order valence-corrected chi connectivity index (χ1v) is 11.3. The van der Waals surface area contributed by atoms with Gasteiger partial charge in [-0.05, 0) is 51.5 Å². The molecule has 2 aromatic carbocycles. The third-order valence-electron chi connectivity index (χ3n) is 5.50. The van der Waals surface area contributed by atoms with Gasteiger partial charge in [0.1, 0.15) is 0 Å². The van der Waals surface area contributed by atoms with Crippen LogP contribution < -0.4 is 5.32 Å². The smallest absolute Gasteiger partial charge is 0.243 e. The lowest BCUT2D eigenvalue weighted by molar-refractivity contribution is -0.121. The minimum Gasteiger partial charge on any atom is -0.324 e. The topological polar surface area (TPSA) is 69.7 Å². The highest BCUT2D eigenvalue weighted by atomic mass is 32.2. The van der Waals surface area contributed by atoms with E-state index in [4.69, 9.17) is 0 Å². The number of carbonyl (C=O) groups is 1. The molecule has 3 rings (SSSR count). The van der Waals surface area contributed by atoms with Gasteiger partial charge in [-0.1, -0.05) is 35.4 Å². The van der Waals surface area contributed by atoms with Gasteiger partial charge in [0.2, 0.25) is 15.9 Å². The van der Waals surface area contributed by atoms with Crippen LogP contribution in [0.1, 0.15) is 23.6 Å². The SMILES string of the molecule is Cc1ccc(S(=O)(=O)N2CCN([C@H](C)C(=O)Nc3ccc(C)cc3C)CC2)cc1. The summed E-state index contributed by atoms with van der Waals surface area (Å²) in [6.45, 7) is 9.57. The van der Waals surface area contributed by atoms with Gasteiger partial charge in [0.25, 0.3) is 0 Å². The van der Waals surface area contributed by atoms with E-state index < -0.39 is 10.0 Å². The van der Waals surface area contributed by atoms with E-state index in [-0.39, 0.29) is 11.9 Å². The summed E-state index contributed by atoms with van der Waals surface area (Å²) >= 11 is 0. The molecule has 0 saturated carbocycles. The molecule has 7 heteroatoms. The summed E-state index contributed by atoms with van der Waals surface area (Å²) in [6.07, 6.45) is 0. The van der Waals surface area contributed by atoms with Crippen molar-refractivity contribution in [1.82, 2.24) is 9.21 Å². The molecule has 156 valence electrons. The van der Waals surface area contributed by atoms with Crippen LogP contribution in [0, 0.1) is 20.8 Å². The number of rotatable bonds is 5. The Hall–Kier alpha value is -2.22. The Balaban J connectivity index is 1.60. The van der Waals surface area contributed by atoms with Crippen molar-refractivity contribution in [1.29, 1.82) is 0 Å². The van der Waals surface area contributed by atoms with Crippen LogP contribution in [0.4, 0.5) is 5.69 Å². The van der Waals surface area contributed by atoms with E-state index >= 15 is 0 Å². The second-order valence-electron chi connectivity index (χ2n) is 7.74. The normalized spacial score (nSPS) is 17.1. The third-order valence-corrected chi connectivity index (χ3v) is 7.41. The van der Waals surface area contributed by atoms with Crippen LogP contribution in [0.5, 0.6) is 0 Å². The van der Waals surface area contributed by atoms with Crippen LogP contribution in [0.25, 0.3) is 0 Å². The predicted octanol–water partition coefficient (Wildman–Crippen LogP) is 2.95. The molecule has 0 aromatic heterocycles. The lowest BCUT2D eigenvalue weighted by Crippen LogP contribution is -2.53. The number of sulfonamides is 1. The van der Waals surface area contributed by atoms with Crippen LogP contribution >= 0.6 is 0 Å². The minimum absolute atomic E-state index is 0.0770. The van der Waals surface area contributed by atoms with Crippen LogP contribution in [0.3, 0.4) is 0 Å². The summed E-state index contributed by atoms with van der Waals surface area (Å²) < 4.78 is 27.2. The Morgan fingerprint density at radius 1 is 0.931 bits per heavy atom.